The molecule has 10 aromatic carbocycles. The SMILES string of the molecule is COc1ccc2c(N[C@H]3CCNC3)nc(-c3cc(C)ccc3O)nc2c1.COc1ccc2nc(-c3cc(C)ccc3O)nc(N[C@H]3CCNC3)c2c1.COc1ccc2nc(-c3ccccc3O)nc(N[C@H]3CCNC3)c2c1.Cc1ccc(O)c(-c2nc(N[C@H]3CCNC3)c3ccc(C#CCO)cc3n2)c1.Cc1ccc(O)c(-c2nc(N[C@H]3CCNC3)c3ccc(CCCO)cc3n2)c1. The van der Waals surface area contributed by atoms with Gasteiger partial charge in [0, 0.05) is 108 Å². The zero-order valence-electron chi connectivity index (χ0n) is 75.5. The normalized spacial score (nSPS) is 16.6. The number of hydrogen-bond donors (Lipinski definition) is 17. The zero-order valence-corrected chi connectivity index (χ0v) is 75.5. The first-order valence-electron chi connectivity index (χ1n) is 45.0. The number of methoxy groups -OCH3 is 3. The van der Waals surface area contributed by atoms with E-state index in [2.05, 4.69) is 92.1 Å². The molecule has 17 N–H and O–H groups in total. The Hall–Kier alpha value is -14.4. The number of aryl methyl sites for hydroxylation is 5. The van der Waals surface area contributed by atoms with Gasteiger partial charge < -0.3 is 103 Å². The Kier molecular flexibility index (Phi) is 29.8. The van der Waals surface area contributed by atoms with Crippen LogP contribution in [0.15, 0.2) is 188 Å². The number of aliphatic hydroxyl groups is 2. The lowest BCUT2D eigenvalue weighted by Crippen LogP contribution is -2.23. The number of ether oxygens (including phenoxy) is 3. The molecule has 30 nitrogen and oxygen atoms in total. The Morgan fingerprint density at radius 2 is 0.647 bits per heavy atom. The number of hydrogen-bond acceptors (Lipinski definition) is 30. The fourth-order valence-electron chi connectivity index (χ4n) is 16.7. The molecule has 5 atom stereocenters. The van der Waals surface area contributed by atoms with Crippen LogP contribution in [-0.4, -0.2) is 216 Å². The van der Waals surface area contributed by atoms with Crippen LogP contribution in [0.1, 0.15) is 71.9 Å². The summed E-state index contributed by atoms with van der Waals surface area (Å²) in [6, 6.07) is 59.6. The molecule has 5 aliphatic rings. The van der Waals surface area contributed by atoms with E-state index in [1.807, 2.05) is 167 Å². The maximum Gasteiger partial charge on any atom is 0.165 e. The number of phenols is 5. The van der Waals surface area contributed by atoms with E-state index >= 15 is 0 Å². The van der Waals surface area contributed by atoms with Crippen LogP contribution in [-0.2, 0) is 6.42 Å². The fraction of sp³-hybridized carbons (Fsp3) is 0.301. The highest BCUT2D eigenvalue weighted by molar-refractivity contribution is 5.97. The van der Waals surface area contributed by atoms with Crippen LogP contribution >= 0.6 is 0 Å². The minimum Gasteiger partial charge on any atom is -0.507 e. The van der Waals surface area contributed by atoms with Gasteiger partial charge in [0.25, 0.3) is 0 Å². The lowest BCUT2D eigenvalue weighted by atomic mass is 10.1. The molecule has 5 aromatic heterocycles. The van der Waals surface area contributed by atoms with Gasteiger partial charge in [0.15, 0.2) is 29.1 Å². The first-order valence-corrected chi connectivity index (χ1v) is 45.0. The van der Waals surface area contributed by atoms with Gasteiger partial charge in [0.1, 0.15) is 81.7 Å². The average molecular weight is 1790 g/mol. The highest BCUT2D eigenvalue weighted by atomic mass is 16.5. The largest absolute Gasteiger partial charge is 0.507 e. The summed E-state index contributed by atoms with van der Waals surface area (Å²) in [4.78, 5) is 47.2. The van der Waals surface area contributed by atoms with Crippen molar-refractivity contribution in [3.63, 3.8) is 0 Å². The van der Waals surface area contributed by atoms with Crippen LogP contribution < -0.4 is 67.4 Å². The predicted octanol–water partition coefficient (Wildman–Crippen LogP) is 14.4. The second kappa shape index (κ2) is 43.1. The van der Waals surface area contributed by atoms with E-state index in [9.17, 15) is 25.5 Å². The topological polar surface area (TPSA) is 418 Å². The fourth-order valence-corrected chi connectivity index (χ4v) is 16.7. The maximum absolute atomic E-state index is 10.4. The van der Waals surface area contributed by atoms with Crippen molar-refractivity contribution >= 4 is 83.6 Å². The van der Waals surface area contributed by atoms with Crippen LogP contribution in [0, 0.1) is 39.5 Å². The number of fused-ring (bicyclic) bond motifs is 5. The Bertz CT molecular complexity index is 6730. The Labute approximate surface area is 771 Å². The quantitative estimate of drug-likeness (QED) is 0.0297. The summed E-state index contributed by atoms with van der Waals surface area (Å²) in [6.07, 6.45) is 6.73. The molecule has 0 unspecified atom stereocenters. The number of para-hydroxylation sites is 1. The van der Waals surface area contributed by atoms with E-state index in [0.29, 0.717) is 87.1 Å². The van der Waals surface area contributed by atoms with Crippen molar-refractivity contribution in [1.82, 2.24) is 76.4 Å². The van der Waals surface area contributed by atoms with E-state index in [-0.39, 0.29) is 42.0 Å². The standard InChI is InChI=1S/C22H26N4O2.C22H22N4O2.2C20H22N4O2.C19H20N4O2/c2*1-14-4-7-20(28)18(11-14)22-25-19-12-15(3-2-10-27)5-6-17(19)21(26-22)24-16-8-9-23-13-16;1-12-3-6-18(25)16(9-12)20-23-17-5-4-14(26-2)10-15(17)19(24-20)22-13-7-8-21-11-13;1-12-3-6-18(25)16(9-12)20-23-17-10-14(26-2)4-5-15(17)19(24-20)22-13-7-8-21-11-13;1-25-13-6-7-16-15(10-13)19(21-12-8-9-20-11-12)23-18(22-16)14-4-2-3-5-17(14)24/h4-7,11-12,16,23,27-28H,2-3,8-10,13H2,1H3,(H,24,25,26);4-7,11-12,16,23,27-28H,8-10,13H2,1H3,(H,24,25,26);2*3-6,9-10,13,21,25H,7-8,11H2,1-2H3,(H,22,23,24);2-7,10,12,20,24H,8-9,11H2,1H3,(H,21,22,23)/t2*16-;2*13-;12-/m00000/s1. The number of benzene rings is 10. The van der Waals surface area contributed by atoms with Gasteiger partial charge in [0.05, 0.1) is 76.7 Å². The van der Waals surface area contributed by atoms with Crippen molar-refractivity contribution in [2.75, 3.05) is 127 Å². The Morgan fingerprint density at radius 3 is 1.01 bits per heavy atom. The molecule has 0 saturated carbocycles. The van der Waals surface area contributed by atoms with Crippen molar-refractivity contribution in [2.45, 2.75) is 103 Å². The third-order valence-corrected chi connectivity index (χ3v) is 23.8. The summed E-state index contributed by atoms with van der Waals surface area (Å²) in [5, 5.41) is 109. The van der Waals surface area contributed by atoms with Crippen molar-refractivity contribution < 1.29 is 50.0 Å². The number of anilines is 5. The third-order valence-electron chi connectivity index (χ3n) is 23.8. The molecule has 684 valence electrons. The molecule has 0 amide bonds. The third kappa shape index (κ3) is 22.8. The average Bonchev–Trinajstić information content (AvgIpc) is 0.825. The number of phenolic OH excluding ortho intramolecular Hbond substituents is 5. The predicted molar refractivity (Wildman–Crippen MR) is 526 cm³/mol. The van der Waals surface area contributed by atoms with Gasteiger partial charge in [-0.2, -0.15) is 0 Å². The van der Waals surface area contributed by atoms with Crippen molar-refractivity contribution in [1.29, 1.82) is 0 Å². The van der Waals surface area contributed by atoms with Gasteiger partial charge in [-0.05, 0) is 250 Å². The number of nitrogens with one attached hydrogen (secondary N) is 10. The highest BCUT2D eigenvalue weighted by Gasteiger charge is 2.27. The van der Waals surface area contributed by atoms with Gasteiger partial charge in [-0.1, -0.05) is 76.6 Å². The smallest absolute Gasteiger partial charge is 0.165 e. The Balaban J connectivity index is 0.000000121. The number of nitrogens with zero attached hydrogens (tertiary/aromatic N) is 10. The minimum atomic E-state index is -0.189. The van der Waals surface area contributed by atoms with Crippen LogP contribution in [0.3, 0.4) is 0 Å². The molecule has 20 rings (SSSR count). The number of aliphatic hydroxyl groups excluding tert-OH is 2. The molecule has 5 fully saturated rings. The molecule has 0 spiro atoms. The number of aromatic hydroxyl groups is 5. The van der Waals surface area contributed by atoms with Gasteiger partial charge in [0.2, 0.25) is 0 Å². The molecule has 0 bridgehead atoms. The summed E-state index contributed by atoms with van der Waals surface area (Å²) in [6.45, 7) is 17.4. The van der Waals surface area contributed by atoms with E-state index in [0.717, 1.165) is 245 Å². The van der Waals surface area contributed by atoms with Gasteiger partial charge in [-0.15, -0.1) is 0 Å². The first kappa shape index (κ1) is 91.9. The highest BCUT2D eigenvalue weighted by Crippen LogP contribution is 2.40. The van der Waals surface area contributed by atoms with Crippen LogP contribution in [0.5, 0.6) is 46.0 Å². The molecule has 0 aliphatic carbocycles. The van der Waals surface area contributed by atoms with Crippen LogP contribution in [0.4, 0.5) is 29.1 Å². The van der Waals surface area contributed by atoms with E-state index in [4.69, 9.17) is 59.3 Å². The van der Waals surface area contributed by atoms with Gasteiger partial charge >= 0.3 is 0 Å². The van der Waals surface area contributed by atoms with Crippen molar-refractivity contribution in [3.05, 3.63) is 221 Å². The molecule has 5 aliphatic heterocycles. The van der Waals surface area contributed by atoms with Gasteiger partial charge in [-0.3, -0.25) is 0 Å². The van der Waals surface area contributed by atoms with E-state index in [1.165, 1.54) is 0 Å². The summed E-state index contributed by atoms with van der Waals surface area (Å²) in [7, 11) is 4.93. The maximum atomic E-state index is 10.4. The summed E-state index contributed by atoms with van der Waals surface area (Å²) >= 11 is 0. The summed E-state index contributed by atoms with van der Waals surface area (Å²) < 4.78 is 16.1. The minimum absolute atomic E-state index is 0.148. The lowest BCUT2D eigenvalue weighted by Gasteiger charge is -2.16. The molecule has 5 saturated heterocycles. The van der Waals surface area contributed by atoms with Crippen LogP contribution in [0.25, 0.3) is 111 Å². The van der Waals surface area contributed by atoms with E-state index < -0.39 is 0 Å². The second-order valence-electron chi connectivity index (χ2n) is 33.8. The Morgan fingerprint density at radius 1 is 0.323 bits per heavy atom. The van der Waals surface area contributed by atoms with Crippen molar-refractivity contribution in [3.8, 4) is 115 Å². The molecular formula is C103H112N20O10. The van der Waals surface area contributed by atoms with Crippen molar-refractivity contribution in [2.24, 2.45) is 0 Å². The first-order chi connectivity index (χ1) is 64.8. The molecule has 0 radical (unpaired) electrons. The van der Waals surface area contributed by atoms with Gasteiger partial charge in [-0.25, -0.2) is 49.8 Å². The second-order valence-corrected chi connectivity index (χ2v) is 33.8. The zero-order chi connectivity index (χ0) is 92.4. The summed E-state index contributed by atoms with van der Waals surface area (Å²) in [5.74, 6) is 15.0. The molecule has 30 heteroatoms. The molecule has 133 heavy (non-hydrogen) atoms. The molecule has 15 aromatic rings. The number of rotatable bonds is 21. The molecular weight excluding hydrogens is 1680 g/mol. The lowest BCUT2D eigenvalue weighted by molar-refractivity contribution is 0.288. The monoisotopic (exact) mass is 1790 g/mol. The van der Waals surface area contributed by atoms with E-state index in [1.54, 1.807) is 57.7 Å². The number of aromatic nitrogens is 10. The molecule has 10 heterocycles. The van der Waals surface area contributed by atoms with Crippen LogP contribution in [0.2, 0.25) is 0 Å². The summed E-state index contributed by atoms with van der Waals surface area (Å²) in [5.41, 5.74) is 13.2.